The Kier molecular flexibility index (Phi) is 4.06. The highest BCUT2D eigenvalue weighted by molar-refractivity contribution is 5.74. The van der Waals surface area contributed by atoms with Gasteiger partial charge in [-0.15, -0.1) is 0 Å². The molecule has 1 aliphatic carbocycles. The summed E-state index contributed by atoms with van der Waals surface area (Å²) in [5.74, 6) is -0.191. The number of carboxylic acids is 1. The van der Waals surface area contributed by atoms with E-state index in [1.165, 1.54) is 12.8 Å². The Morgan fingerprint density at radius 3 is 2.79 bits per heavy atom. The van der Waals surface area contributed by atoms with Gasteiger partial charge in [0.15, 0.2) is 0 Å². The SMILES string of the molecule is O=C(O)[C@@H]1C[C@@H]2CCCC[C@H]2N1Cc1cnn(-c2ccccc2)n1. The monoisotopic (exact) mass is 326 g/mol. The van der Waals surface area contributed by atoms with E-state index < -0.39 is 5.97 Å². The molecule has 6 nitrogen and oxygen atoms in total. The molecule has 0 bridgehead atoms. The Balaban J connectivity index is 1.55. The number of hydrogen-bond donors (Lipinski definition) is 1. The summed E-state index contributed by atoms with van der Waals surface area (Å²) in [7, 11) is 0. The van der Waals surface area contributed by atoms with Gasteiger partial charge in [-0.2, -0.15) is 15.0 Å². The van der Waals surface area contributed by atoms with Gasteiger partial charge in [0, 0.05) is 12.6 Å². The minimum absolute atomic E-state index is 0.377. The molecule has 2 aliphatic rings. The Hall–Kier alpha value is -2.21. The number of rotatable bonds is 4. The lowest BCUT2D eigenvalue weighted by Crippen LogP contribution is -2.41. The highest BCUT2D eigenvalue weighted by Gasteiger charge is 2.45. The molecule has 1 aromatic carbocycles. The maximum Gasteiger partial charge on any atom is 0.320 e. The van der Waals surface area contributed by atoms with E-state index >= 15 is 0 Å². The van der Waals surface area contributed by atoms with Crippen molar-refractivity contribution >= 4 is 5.97 Å². The van der Waals surface area contributed by atoms with Gasteiger partial charge < -0.3 is 5.11 Å². The Morgan fingerprint density at radius 2 is 2.00 bits per heavy atom. The molecule has 4 rings (SSSR count). The number of carboxylic acid groups (broad SMARTS) is 1. The first-order valence-electron chi connectivity index (χ1n) is 8.67. The van der Waals surface area contributed by atoms with Crippen LogP contribution in [0.4, 0.5) is 0 Å². The van der Waals surface area contributed by atoms with Crippen molar-refractivity contribution in [1.29, 1.82) is 0 Å². The van der Waals surface area contributed by atoms with Crippen LogP contribution < -0.4 is 0 Å². The zero-order chi connectivity index (χ0) is 16.5. The molecule has 0 spiro atoms. The van der Waals surface area contributed by atoms with Crippen LogP contribution in [0.25, 0.3) is 5.69 Å². The van der Waals surface area contributed by atoms with Gasteiger partial charge in [-0.25, -0.2) is 0 Å². The molecule has 0 amide bonds. The van der Waals surface area contributed by atoms with Gasteiger partial charge in [0.25, 0.3) is 0 Å². The van der Waals surface area contributed by atoms with E-state index in [0.717, 1.165) is 30.6 Å². The number of fused-ring (bicyclic) bond motifs is 1. The van der Waals surface area contributed by atoms with Crippen LogP contribution in [0.1, 0.15) is 37.8 Å². The molecule has 0 radical (unpaired) electrons. The zero-order valence-electron chi connectivity index (χ0n) is 13.6. The molecule has 1 saturated carbocycles. The first-order chi connectivity index (χ1) is 11.7. The van der Waals surface area contributed by atoms with Crippen LogP contribution >= 0.6 is 0 Å². The molecule has 2 heterocycles. The topological polar surface area (TPSA) is 71.2 Å². The summed E-state index contributed by atoms with van der Waals surface area (Å²) in [4.78, 5) is 15.4. The normalized spacial score (nSPS) is 27.1. The predicted octanol–water partition coefficient (Wildman–Crippen LogP) is 2.49. The molecular weight excluding hydrogens is 304 g/mol. The standard InChI is InChI=1S/C18H22N4O2/c23-18(24)17-10-13-6-4-5-9-16(13)21(17)12-14-11-19-22(20-14)15-7-2-1-3-8-15/h1-3,7-8,11,13,16-17H,4-6,9-10,12H2,(H,23,24)/t13-,16+,17-/m0/s1. The third kappa shape index (κ3) is 2.82. The second-order valence-corrected chi connectivity index (χ2v) is 6.83. The van der Waals surface area contributed by atoms with Crippen LogP contribution in [0, 0.1) is 5.92 Å². The first-order valence-corrected chi connectivity index (χ1v) is 8.67. The number of carbonyl (C=O) groups is 1. The zero-order valence-corrected chi connectivity index (χ0v) is 13.6. The van der Waals surface area contributed by atoms with E-state index in [4.69, 9.17) is 0 Å². The quantitative estimate of drug-likeness (QED) is 0.934. The van der Waals surface area contributed by atoms with Gasteiger partial charge in [0.05, 0.1) is 17.6 Å². The van der Waals surface area contributed by atoms with E-state index in [1.807, 2.05) is 30.3 Å². The lowest BCUT2D eigenvalue weighted by molar-refractivity contribution is -0.142. The number of para-hydroxylation sites is 1. The van der Waals surface area contributed by atoms with Crippen LogP contribution in [-0.2, 0) is 11.3 Å². The number of aliphatic carboxylic acids is 1. The average Bonchev–Trinajstić information content (AvgIpc) is 3.21. The minimum atomic E-state index is -0.708. The van der Waals surface area contributed by atoms with E-state index in [2.05, 4.69) is 15.1 Å². The van der Waals surface area contributed by atoms with Crippen LogP contribution in [0.5, 0.6) is 0 Å². The maximum absolute atomic E-state index is 11.7. The molecular formula is C18H22N4O2. The van der Waals surface area contributed by atoms with Gasteiger partial charge in [-0.1, -0.05) is 31.0 Å². The Labute approximate surface area is 141 Å². The van der Waals surface area contributed by atoms with Crippen LogP contribution in [0.3, 0.4) is 0 Å². The van der Waals surface area contributed by atoms with Gasteiger partial charge in [0.2, 0.25) is 0 Å². The molecule has 6 heteroatoms. The molecule has 3 atom stereocenters. The van der Waals surface area contributed by atoms with E-state index in [9.17, 15) is 9.90 Å². The third-order valence-electron chi connectivity index (χ3n) is 5.38. The van der Waals surface area contributed by atoms with Crippen molar-refractivity contribution in [2.24, 2.45) is 5.92 Å². The molecule has 1 N–H and O–H groups in total. The first kappa shape index (κ1) is 15.3. The molecule has 2 aromatic rings. The minimum Gasteiger partial charge on any atom is -0.480 e. The summed E-state index contributed by atoms with van der Waals surface area (Å²) in [6, 6.07) is 9.76. The van der Waals surface area contributed by atoms with Crippen molar-refractivity contribution in [2.75, 3.05) is 0 Å². The number of likely N-dealkylation sites (tertiary alicyclic amines) is 1. The van der Waals surface area contributed by atoms with Crippen molar-refractivity contribution < 1.29 is 9.90 Å². The summed E-state index contributed by atoms with van der Waals surface area (Å²) < 4.78 is 0. The number of nitrogens with zero attached hydrogens (tertiary/aromatic N) is 4. The van der Waals surface area contributed by atoms with Crippen LogP contribution in [-0.4, -0.2) is 43.1 Å². The van der Waals surface area contributed by atoms with E-state index in [1.54, 1.807) is 11.0 Å². The van der Waals surface area contributed by atoms with Crippen molar-refractivity contribution in [1.82, 2.24) is 19.9 Å². The summed E-state index contributed by atoms with van der Waals surface area (Å²) in [6.45, 7) is 0.560. The maximum atomic E-state index is 11.7. The molecule has 0 unspecified atom stereocenters. The highest BCUT2D eigenvalue weighted by Crippen LogP contribution is 2.40. The molecule has 1 aromatic heterocycles. The fraction of sp³-hybridized carbons (Fsp3) is 0.500. The second-order valence-electron chi connectivity index (χ2n) is 6.83. The highest BCUT2D eigenvalue weighted by atomic mass is 16.4. The van der Waals surface area contributed by atoms with E-state index in [0.29, 0.717) is 18.5 Å². The lowest BCUT2D eigenvalue weighted by atomic mass is 9.85. The van der Waals surface area contributed by atoms with Gasteiger partial charge in [-0.3, -0.25) is 9.69 Å². The Morgan fingerprint density at radius 1 is 1.21 bits per heavy atom. The Bertz CT molecular complexity index is 715. The largest absolute Gasteiger partial charge is 0.480 e. The van der Waals surface area contributed by atoms with Gasteiger partial charge in [0.1, 0.15) is 6.04 Å². The van der Waals surface area contributed by atoms with Crippen LogP contribution in [0.2, 0.25) is 0 Å². The molecule has 1 saturated heterocycles. The number of hydrogen-bond acceptors (Lipinski definition) is 4. The van der Waals surface area contributed by atoms with Crippen molar-refractivity contribution in [3.8, 4) is 5.69 Å². The number of benzene rings is 1. The summed E-state index contributed by atoms with van der Waals surface area (Å²) >= 11 is 0. The molecule has 2 fully saturated rings. The summed E-state index contributed by atoms with van der Waals surface area (Å²) in [5, 5.41) is 18.5. The summed E-state index contributed by atoms with van der Waals surface area (Å²) in [5.41, 5.74) is 1.74. The molecule has 1 aliphatic heterocycles. The fourth-order valence-corrected chi connectivity index (χ4v) is 4.26. The molecule has 24 heavy (non-hydrogen) atoms. The fourth-order valence-electron chi connectivity index (χ4n) is 4.26. The average molecular weight is 326 g/mol. The number of aromatic nitrogens is 3. The van der Waals surface area contributed by atoms with Crippen LogP contribution in [0.15, 0.2) is 36.5 Å². The van der Waals surface area contributed by atoms with Gasteiger partial charge >= 0.3 is 5.97 Å². The smallest absolute Gasteiger partial charge is 0.320 e. The summed E-state index contributed by atoms with van der Waals surface area (Å²) in [6.07, 6.45) is 7.20. The molecule has 126 valence electrons. The van der Waals surface area contributed by atoms with E-state index in [-0.39, 0.29) is 6.04 Å². The second kappa shape index (κ2) is 6.36. The van der Waals surface area contributed by atoms with Gasteiger partial charge in [-0.05, 0) is 37.3 Å². The van der Waals surface area contributed by atoms with Crippen molar-refractivity contribution in [2.45, 2.75) is 50.7 Å². The predicted molar refractivity (Wildman–Crippen MR) is 88.7 cm³/mol. The lowest BCUT2D eigenvalue weighted by Gasteiger charge is -2.32. The van der Waals surface area contributed by atoms with Crippen molar-refractivity contribution in [3.05, 3.63) is 42.2 Å². The van der Waals surface area contributed by atoms with Crippen molar-refractivity contribution in [3.63, 3.8) is 0 Å². The third-order valence-corrected chi connectivity index (χ3v) is 5.38.